The van der Waals surface area contributed by atoms with E-state index in [0.29, 0.717) is 52.5 Å². The third-order valence-electron chi connectivity index (χ3n) is 6.42. The van der Waals surface area contributed by atoms with Crippen molar-refractivity contribution in [1.82, 2.24) is 5.32 Å². The van der Waals surface area contributed by atoms with Crippen molar-refractivity contribution in [3.63, 3.8) is 0 Å². The molecule has 1 aliphatic carbocycles. The van der Waals surface area contributed by atoms with Crippen LogP contribution in [0.5, 0.6) is 0 Å². The molecule has 0 bridgehead atoms. The van der Waals surface area contributed by atoms with Gasteiger partial charge in [-0.25, -0.2) is 0 Å². The maximum Gasteiger partial charge on any atom is 0.280 e. The van der Waals surface area contributed by atoms with Crippen LogP contribution < -0.4 is 10.6 Å². The smallest absolute Gasteiger partial charge is 0.280 e. The molecule has 1 atom stereocenters. The number of halogens is 1. The van der Waals surface area contributed by atoms with Gasteiger partial charge in [0.15, 0.2) is 5.78 Å². The molecule has 5 rings (SSSR count). The Hall–Kier alpha value is -3.73. The zero-order valence-electron chi connectivity index (χ0n) is 19.3. The molecule has 1 amide bonds. The Kier molecular flexibility index (Phi) is 6.48. The van der Waals surface area contributed by atoms with Crippen LogP contribution in [0, 0.1) is 13.7 Å². The number of carbonyl (C=O) groups excluding carboxylic acids is 2. The van der Waals surface area contributed by atoms with Gasteiger partial charge in [-0.2, -0.15) is 0 Å². The highest BCUT2D eigenvalue weighted by Crippen LogP contribution is 2.44. The molecule has 2 aliphatic rings. The first kappa shape index (κ1) is 24.0. The van der Waals surface area contributed by atoms with Gasteiger partial charge in [0.1, 0.15) is 11.5 Å². The van der Waals surface area contributed by atoms with E-state index in [4.69, 9.17) is 4.42 Å². The van der Waals surface area contributed by atoms with Crippen LogP contribution in [0.25, 0.3) is 11.3 Å². The van der Waals surface area contributed by atoms with Crippen molar-refractivity contribution < 1.29 is 18.9 Å². The third kappa shape index (κ3) is 4.34. The van der Waals surface area contributed by atoms with Gasteiger partial charge in [-0.15, -0.1) is 0 Å². The molecular formula is C27H22IN3O5. The minimum Gasteiger partial charge on any atom is -0.460 e. The quantitative estimate of drug-likeness (QED) is 0.211. The summed E-state index contributed by atoms with van der Waals surface area (Å²) in [6.07, 6.45) is 1.81. The van der Waals surface area contributed by atoms with E-state index in [2.05, 4.69) is 33.2 Å². The molecule has 1 aromatic heterocycles. The molecule has 0 radical (unpaired) electrons. The monoisotopic (exact) mass is 595 g/mol. The number of nitro groups is 1. The summed E-state index contributed by atoms with van der Waals surface area (Å²) in [6.45, 7) is 1.81. The lowest BCUT2D eigenvalue weighted by Crippen LogP contribution is -2.35. The second-order valence-electron chi connectivity index (χ2n) is 8.68. The van der Waals surface area contributed by atoms with Crippen LogP contribution >= 0.6 is 22.6 Å². The van der Waals surface area contributed by atoms with Crippen LogP contribution in [-0.4, -0.2) is 16.6 Å². The number of ketones is 1. The van der Waals surface area contributed by atoms with Gasteiger partial charge >= 0.3 is 0 Å². The van der Waals surface area contributed by atoms with E-state index in [1.165, 1.54) is 6.07 Å². The maximum absolute atomic E-state index is 13.6. The van der Waals surface area contributed by atoms with Crippen molar-refractivity contribution in [2.24, 2.45) is 0 Å². The van der Waals surface area contributed by atoms with E-state index in [0.717, 1.165) is 15.7 Å². The number of Topliss-reactive ketones (excluding diaryl/α,β-unsaturated/α-hetero) is 1. The van der Waals surface area contributed by atoms with E-state index in [1.807, 2.05) is 31.2 Å². The number of hydrogen-bond acceptors (Lipinski definition) is 6. The molecule has 9 heteroatoms. The van der Waals surface area contributed by atoms with Crippen molar-refractivity contribution in [3.8, 4) is 11.3 Å². The number of amides is 1. The molecule has 8 nitrogen and oxygen atoms in total. The topological polar surface area (TPSA) is 114 Å². The molecule has 1 unspecified atom stereocenters. The number of benzene rings is 2. The lowest BCUT2D eigenvalue weighted by atomic mass is 9.77. The number of anilines is 1. The fraction of sp³-hybridized carbons (Fsp3) is 0.185. The molecule has 0 spiro atoms. The number of carbonyl (C=O) groups is 2. The molecule has 2 N–H and O–H groups in total. The minimum atomic E-state index is -0.730. The first-order valence-corrected chi connectivity index (χ1v) is 12.6. The number of rotatable bonds is 5. The predicted octanol–water partition coefficient (Wildman–Crippen LogP) is 6.07. The summed E-state index contributed by atoms with van der Waals surface area (Å²) in [5, 5.41) is 17.8. The van der Waals surface area contributed by atoms with Crippen molar-refractivity contribution in [2.75, 3.05) is 5.32 Å². The summed E-state index contributed by atoms with van der Waals surface area (Å²) < 4.78 is 7.05. The third-order valence-corrected chi connectivity index (χ3v) is 7.36. The molecule has 36 heavy (non-hydrogen) atoms. The van der Waals surface area contributed by atoms with E-state index in [-0.39, 0.29) is 17.4 Å². The standard InChI is InChI=1S/C27H22IN3O5/c1-15-24(27(33)30-18-9-4-3-8-17(18)28)26(25-19(29-15)10-6-12-21(25)32)23-14-13-22(36-23)16-7-2-5-11-20(16)31(34)35/h2-5,7-9,11,13-14,26,29H,6,10,12H2,1H3,(H,30,33). The Morgan fingerprint density at radius 3 is 2.64 bits per heavy atom. The molecule has 0 saturated carbocycles. The minimum absolute atomic E-state index is 0.0375. The fourth-order valence-electron chi connectivity index (χ4n) is 4.81. The average Bonchev–Trinajstić information content (AvgIpc) is 3.34. The number of hydrogen-bond donors (Lipinski definition) is 2. The second-order valence-corrected chi connectivity index (χ2v) is 9.84. The Bertz CT molecular complexity index is 1470. The van der Waals surface area contributed by atoms with Crippen LogP contribution in [0.4, 0.5) is 11.4 Å². The molecule has 182 valence electrons. The Labute approximate surface area is 220 Å². The van der Waals surface area contributed by atoms with Crippen molar-refractivity contribution >= 4 is 45.7 Å². The lowest BCUT2D eigenvalue weighted by molar-refractivity contribution is -0.384. The van der Waals surface area contributed by atoms with E-state index in [1.54, 1.807) is 30.3 Å². The van der Waals surface area contributed by atoms with Crippen LogP contribution in [-0.2, 0) is 9.59 Å². The Morgan fingerprint density at radius 2 is 1.86 bits per heavy atom. The maximum atomic E-state index is 13.6. The first-order valence-electron chi connectivity index (χ1n) is 11.5. The molecule has 2 heterocycles. The molecule has 1 aliphatic heterocycles. The fourth-order valence-corrected chi connectivity index (χ4v) is 5.34. The van der Waals surface area contributed by atoms with Crippen molar-refractivity contribution in [2.45, 2.75) is 32.1 Å². The van der Waals surface area contributed by atoms with Crippen LogP contribution in [0.3, 0.4) is 0 Å². The number of nitro benzene ring substituents is 1. The predicted molar refractivity (Wildman–Crippen MR) is 143 cm³/mol. The molecule has 0 saturated heterocycles. The van der Waals surface area contributed by atoms with Crippen molar-refractivity contribution in [1.29, 1.82) is 0 Å². The van der Waals surface area contributed by atoms with Crippen LogP contribution in [0.15, 0.2) is 87.6 Å². The van der Waals surface area contributed by atoms with E-state index < -0.39 is 10.8 Å². The normalized spacial score (nSPS) is 17.5. The first-order chi connectivity index (χ1) is 17.3. The number of furan rings is 1. The SMILES string of the molecule is CC1=C(C(=O)Nc2ccccc2I)C(c2ccc(-c3ccccc3[N+](=O)[O-])o2)C2=C(CCCC2=O)N1. The largest absolute Gasteiger partial charge is 0.460 e. The highest BCUT2D eigenvalue weighted by atomic mass is 127. The molecule has 3 aromatic rings. The summed E-state index contributed by atoms with van der Waals surface area (Å²) in [5.41, 5.74) is 3.24. The summed E-state index contributed by atoms with van der Waals surface area (Å²) >= 11 is 2.15. The summed E-state index contributed by atoms with van der Waals surface area (Å²) in [4.78, 5) is 37.9. The van der Waals surface area contributed by atoms with E-state index in [9.17, 15) is 19.7 Å². The number of allylic oxidation sites excluding steroid dienone is 3. The van der Waals surface area contributed by atoms with Crippen LogP contribution in [0.1, 0.15) is 37.9 Å². The van der Waals surface area contributed by atoms with Crippen molar-refractivity contribution in [3.05, 3.63) is 103 Å². The van der Waals surface area contributed by atoms with Gasteiger partial charge in [-0.3, -0.25) is 19.7 Å². The van der Waals surface area contributed by atoms with Gasteiger partial charge in [-0.1, -0.05) is 24.3 Å². The van der Waals surface area contributed by atoms with E-state index >= 15 is 0 Å². The highest BCUT2D eigenvalue weighted by Gasteiger charge is 2.40. The molecule has 2 aromatic carbocycles. The van der Waals surface area contributed by atoms with Gasteiger partial charge in [0.05, 0.1) is 27.7 Å². The molecule has 0 fully saturated rings. The van der Waals surface area contributed by atoms with Gasteiger partial charge in [0.2, 0.25) is 0 Å². The lowest BCUT2D eigenvalue weighted by Gasteiger charge is -2.33. The average molecular weight is 595 g/mol. The zero-order valence-corrected chi connectivity index (χ0v) is 21.5. The Morgan fingerprint density at radius 1 is 1.11 bits per heavy atom. The van der Waals surface area contributed by atoms with Gasteiger partial charge in [0.25, 0.3) is 11.6 Å². The highest BCUT2D eigenvalue weighted by molar-refractivity contribution is 14.1. The number of nitrogens with one attached hydrogen (secondary N) is 2. The number of para-hydroxylation sites is 2. The van der Waals surface area contributed by atoms with Gasteiger partial charge in [-0.05, 0) is 72.7 Å². The molecular weight excluding hydrogens is 573 g/mol. The zero-order chi connectivity index (χ0) is 25.4. The Balaban J connectivity index is 1.60. The summed E-state index contributed by atoms with van der Waals surface area (Å²) in [5.74, 6) is -0.421. The second kappa shape index (κ2) is 9.73. The van der Waals surface area contributed by atoms with Crippen LogP contribution in [0.2, 0.25) is 0 Å². The summed E-state index contributed by atoms with van der Waals surface area (Å²) in [7, 11) is 0. The number of nitrogens with zero attached hydrogens (tertiary/aromatic N) is 1. The number of dihydropyridines is 1. The van der Waals surface area contributed by atoms with Gasteiger partial charge in [0, 0.05) is 33.0 Å². The summed E-state index contributed by atoms with van der Waals surface area (Å²) in [6, 6.07) is 17.1. The van der Waals surface area contributed by atoms with Gasteiger partial charge < -0.3 is 15.1 Å².